The van der Waals surface area contributed by atoms with Gasteiger partial charge in [0.15, 0.2) is 0 Å². The standard InChI is InChI=1S/C13H15NO4/c1-8-9(13(16)17)4-2-5-10(8)14-12(15)11-6-3-7-18-11/h2,4-5,11H,3,6-7H2,1H3,(H,14,15)(H,16,17)/t11-/m1/s1. The molecule has 1 amide bonds. The van der Waals surface area contributed by atoms with E-state index in [4.69, 9.17) is 9.84 Å². The minimum absolute atomic E-state index is 0.195. The highest BCUT2D eigenvalue weighted by Gasteiger charge is 2.24. The first kappa shape index (κ1) is 12.6. The molecule has 0 unspecified atom stereocenters. The van der Waals surface area contributed by atoms with E-state index in [2.05, 4.69) is 5.32 Å². The number of nitrogens with one attached hydrogen (secondary N) is 1. The molecule has 1 heterocycles. The summed E-state index contributed by atoms with van der Waals surface area (Å²) in [5, 5.41) is 11.7. The van der Waals surface area contributed by atoms with Gasteiger partial charge in [-0.25, -0.2) is 4.79 Å². The molecular weight excluding hydrogens is 234 g/mol. The Bertz CT molecular complexity index is 478. The topological polar surface area (TPSA) is 75.6 Å². The lowest BCUT2D eigenvalue weighted by Crippen LogP contribution is -2.27. The van der Waals surface area contributed by atoms with Crippen LogP contribution in [0.2, 0.25) is 0 Å². The van der Waals surface area contributed by atoms with Crippen molar-refractivity contribution in [3.05, 3.63) is 29.3 Å². The van der Waals surface area contributed by atoms with Crippen molar-refractivity contribution in [3.63, 3.8) is 0 Å². The van der Waals surface area contributed by atoms with E-state index in [9.17, 15) is 9.59 Å². The van der Waals surface area contributed by atoms with Crippen LogP contribution in [0.3, 0.4) is 0 Å². The predicted molar refractivity (Wildman–Crippen MR) is 65.7 cm³/mol. The average molecular weight is 249 g/mol. The summed E-state index contributed by atoms with van der Waals surface area (Å²) in [4.78, 5) is 22.8. The predicted octanol–water partition coefficient (Wildman–Crippen LogP) is 1.81. The minimum Gasteiger partial charge on any atom is -0.478 e. The van der Waals surface area contributed by atoms with Gasteiger partial charge in [0.05, 0.1) is 5.56 Å². The highest BCUT2D eigenvalue weighted by Crippen LogP contribution is 2.21. The summed E-state index contributed by atoms with van der Waals surface area (Å²) in [5.41, 5.74) is 1.27. The molecule has 1 aliphatic rings. The number of anilines is 1. The second-order valence-electron chi connectivity index (χ2n) is 4.27. The van der Waals surface area contributed by atoms with Crippen LogP contribution in [0.15, 0.2) is 18.2 Å². The lowest BCUT2D eigenvalue weighted by atomic mass is 10.1. The van der Waals surface area contributed by atoms with Gasteiger partial charge in [-0.1, -0.05) is 6.07 Å². The Hall–Kier alpha value is -1.88. The number of rotatable bonds is 3. The van der Waals surface area contributed by atoms with Crippen molar-refractivity contribution < 1.29 is 19.4 Å². The summed E-state index contributed by atoms with van der Waals surface area (Å²) < 4.78 is 5.28. The fourth-order valence-corrected chi connectivity index (χ4v) is 2.00. The van der Waals surface area contributed by atoms with Crippen molar-refractivity contribution in [2.75, 3.05) is 11.9 Å². The quantitative estimate of drug-likeness (QED) is 0.856. The number of hydrogen-bond acceptors (Lipinski definition) is 3. The molecule has 1 aromatic carbocycles. The molecule has 1 aliphatic heterocycles. The van der Waals surface area contributed by atoms with Crippen LogP contribution >= 0.6 is 0 Å². The van der Waals surface area contributed by atoms with Gasteiger partial charge in [-0.05, 0) is 37.5 Å². The number of hydrogen-bond donors (Lipinski definition) is 2. The van der Waals surface area contributed by atoms with Crippen molar-refractivity contribution >= 4 is 17.6 Å². The molecule has 1 saturated heterocycles. The third kappa shape index (κ3) is 2.51. The summed E-state index contributed by atoms with van der Waals surface area (Å²) in [6.07, 6.45) is 1.17. The van der Waals surface area contributed by atoms with Crippen LogP contribution in [0.1, 0.15) is 28.8 Å². The molecule has 96 valence electrons. The van der Waals surface area contributed by atoms with Gasteiger partial charge in [-0.15, -0.1) is 0 Å². The molecule has 5 heteroatoms. The first-order chi connectivity index (χ1) is 8.59. The monoisotopic (exact) mass is 249 g/mol. The number of carbonyl (C=O) groups excluding carboxylic acids is 1. The van der Waals surface area contributed by atoms with E-state index < -0.39 is 12.1 Å². The molecule has 1 fully saturated rings. The molecular formula is C13H15NO4. The van der Waals surface area contributed by atoms with Gasteiger partial charge in [0.1, 0.15) is 6.10 Å². The maximum Gasteiger partial charge on any atom is 0.336 e. The Morgan fingerprint density at radius 2 is 2.22 bits per heavy atom. The van der Waals surface area contributed by atoms with Crippen LogP contribution in [0, 0.1) is 6.92 Å². The summed E-state index contributed by atoms with van der Waals surface area (Å²) in [6, 6.07) is 4.82. The first-order valence-electron chi connectivity index (χ1n) is 5.85. The molecule has 0 saturated carbocycles. The lowest BCUT2D eigenvalue weighted by molar-refractivity contribution is -0.124. The van der Waals surface area contributed by atoms with Crippen molar-refractivity contribution in [2.45, 2.75) is 25.9 Å². The molecule has 2 rings (SSSR count). The molecule has 1 aromatic rings. The highest BCUT2D eigenvalue weighted by atomic mass is 16.5. The maximum absolute atomic E-state index is 11.9. The number of carboxylic acids is 1. The Morgan fingerprint density at radius 3 is 2.83 bits per heavy atom. The molecule has 1 atom stereocenters. The fraction of sp³-hybridized carbons (Fsp3) is 0.385. The number of carbonyl (C=O) groups is 2. The summed E-state index contributed by atoms with van der Waals surface area (Å²) >= 11 is 0. The molecule has 0 bridgehead atoms. The largest absolute Gasteiger partial charge is 0.478 e. The highest BCUT2D eigenvalue weighted by molar-refractivity contribution is 5.97. The van der Waals surface area contributed by atoms with E-state index in [1.807, 2.05) is 0 Å². The zero-order valence-corrected chi connectivity index (χ0v) is 10.1. The Balaban J connectivity index is 2.16. The number of aromatic carboxylic acids is 1. The molecule has 0 aliphatic carbocycles. The van der Waals surface area contributed by atoms with E-state index in [0.717, 1.165) is 6.42 Å². The van der Waals surface area contributed by atoms with Gasteiger partial charge in [0, 0.05) is 12.3 Å². The van der Waals surface area contributed by atoms with Gasteiger partial charge in [0.2, 0.25) is 0 Å². The van der Waals surface area contributed by atoms with Crippen molar-refractivity contribution in [1.29, 1.82) is 0 Å². The van der Waals surface area contributed by atoms with Crippen LogP contribution in [-0.2, 0) is 9.53 Å². The van der Waals surface area contributed by atoms with Crippen LogP contribution in [0.4, 0.5) is 5.69 Å². The Kier molecular flexibility index (Phi) is 3.62. The number of ether oxygens (including phenoxy) is 1. The number of carboxylic acid groups (broad SMARTS) is 1. The molecule has 0 aromatic heterocycles. The SMILES string of the molecule is Cc1c(NC(=O)[C@H]2CCCO2)cccc1C(=O)O. The Morgan fingerprint density at radius 1 is 1.44 bits per heavy atom. The molecule has 18 heavy (non-hydrogen) atoms. The smallest absolute Gasteiger partial charge is 0.336 e. The molecule has 2 N–H and O–H groups in total. The number of amides is 1. The van der Waals surface area contributed by atoms with Crippen molar-refractivity contribution in [3.8, 4) is 0 Å². The summed E-state index contributed by atoms with van der Waals surface area (Å²) in [7, 11) is 0. The molecule has 0 radical (unpaired) electrons. The third-order valence-corrected chi connectivity index (χ3v) is 3.04. The van der Waals surface area contributed by atoms with Gasteiger partial charge in [-0.2, -0.15) is 0 Å². The summed E-state index contributed by atoms with van der Waals surface area (Å²) in [5.74, 6) is -1.21. The lowest BCUT2D eigenvalue weighted by Gasteiger charge is -2.13. The van der Waals surface area contributed by atoms with Gasteiger partial charge in [-0.3, -0.25) is 4.79 Å². The van der Waals surface area contributed by atoms with Crippen LogP contribution in [0.5, 0.6) is 0 Å². The second-order valence-corrected chi connectivity index (χ2v) is 4.27. The zero-order valence-electron chi connectivity index (χ0n) is 10.1. The van der Waals surface area contributed by atoms with Gasteiger partial charge in [0.25, 0.3) is 5.91 Å². The van der Waals surface area contributed by atoms with E-state index in [0.29, 0.717) is 24.3 Å². The zero-order chi connectivity index (χ0) is 13.1. The van der Waals surface area contributed by atoms with Crippen LogP contribution in [-0.4, -0.2) is 29.7 Å². The van der Waals surface area contributed by atoms with Crippen molar-refractivity contribution in [1.82, 2.24) is 0 Å². The normalized spacial score (nSPS) is 18.6. The van der Waals surface area contributed by atoms with E-state index in [1.54, 1.807) is 19.1 Å². The maximum atomic E-state index is 11.9. The van der Waals surface area contributed by atoms with E-state index >= 15 is 0 Å². The molecule has 0 spiro atoms. The van der Waals surface area contributed by atoms with Crippen molar-refractivity contribution in [2.24, 2.45) is 0 Å². The van der Waals surface area contributed by atoms with E-state index in [1.165, 1.54) is 6.07 Å². The van der Waals surface area contributed by atoms with Gasteiger partial charge >= 0.3 is 5.97 Å². The molecule has 5 nitrogen and oxygen atoms in total. The fourth-order valence-electron chi connectivity index (χ4n) is 2.00. The number of benzene rings is 1. The van der Waals surface area contributed by atoms with Crippen LogP contribution < -0.4 is 5.32 Å². The van der Waals surface area contributed by atoms with E-state index in [-0.39, 0.29) is 11.5 Å². The van der Waals surface area contributed by atoms with Gasteiger partial charge < -0.3 is 15.2 Å². The third-order valence-electron chi connectivity index (χ3n) is 3.04. The first-order valence-corrected chi connectivity index (χ1v) is 5.85. The Labute approximate surface area is 105 Å². The minimum atomic E-state index is -0.999. The second kappa shape index (κ2) is 5.18. The van der Waals surface area contributed by atoms with Crippen LogP contribution in [0.25, 0.3) is 0 Å². The summed E-state index contributed by atoms with van der Waals surface area (Å²) in [6.45, 7) is 2.28. The average Bonchev–Trinajstić information content (AvgIpc) is 2.85.